The van der Waals surface area contributed by atoms with E-state index in [1.165, 1.54) is 11.3 Å². The fraction of sp³-hybridized carbons (Fsp3) is 0.481. The van der Waals surface area contributed by atoms with E-state index in [0.717, 1.165) is 53.2 Å². The average Bonchev–Trinajstić information content (AvgIpc) is 3.56. The molecule has 1 aliphatic rings. The summed E-state index contributed by atoms with van der Waals surface area (Å²) in [6.45, 7) is 6.21. The third kappa shape index (κ3) is 6.78. The number of benzene rings is 2. The van der Waals surface area contributed by atoms with Crippen molar-refractivity contribution >= 4 is 58.5 Å². The molecule has 1 amide bonds. The van der Waals surface area contributed by atoms with Crippen LogP contribution in [0.3, 0.4) is 0 Å². The van der Waals surface area contributed by atoms with Gasteiger partial charge in [0.05, 0.1) is 27.8 Å². The highest BCUT2D eigenvalue weighted by Crippen LogP contribution is 2.32. The van der Waals surface area contributed by atoms with E-state index in [9.17, 15) is 13.2 Å². The number of halogens is 1. The summed E-state index contributed by atoms with van der Waals surface area (Å²) in [7, 11) is -3.63. The van der Waals surface area contributed by atoms with E-state index in [1.807, 2.05) is 18.2 Å². The molecule has 1 saturated heterocycles. The van der Waals surface area contributed by atoms with Crippen molar-refractivity contribution in [2.24, 2.45) is 0 Å². The van der Waals surface area contributed by atoms with Crippen molar-refractivity contribution in [3.8, 4) is 0 Å². The zero-order chi connectivity index (χ0) is 26.4. The van der Waals surface area contributed by atoms with Gasteiger partial charge >= 0.3 is 0 Å². The van der Waals surface area contributed by atoms with Crippen LogP contribution in [0.2, 0.25) is 0 Å². The van der Waals surface area contributed by atoms with Crippen molar-refractivity contribution in [1.82, 2.24) is 9.29 Å². The Labute approximate surface area is 232 Å². The summed E-state index contributed by atoms with van der Waals surface area (Å²) in [4.78, 5) is 20.3. The minimum Gasteiger partial charge on any atom is -0.376 e. The maximum Gasteiger partial charge on any atom is 0.260 e. The van der Waals surface area contributed by atoms with Gasteiger partial charge in [0, 0.05) is 29.7 Å². The average molecular weight is 609 g/mol. The summed E-state index contributed by atoms with van der Waals surface area (Å²) >= 11 is 4.96. The lowest BCUT2D eigenvalue weighted by molar-refractivity contribution is 0.0917. The van der Waals surface area contributed by atoms with Crippen molar-refractivity contribution in [1.29, 1.82) is 0 Å². The predicted octanol–water partition coefficient (Wildman–Crippen LogP) is 6.48. The minimum atomic E-state index is -3.63. The number of sulfonamides is 1. The number of fused-ring (bicyclic) bond motifs is 1. The lowest BCUT2D eigenvalue weighted by Crippen LogP contribution is -2.37. The van der Waals surface area contributed by atoms with Gasteiger partial charge in [-0.3, -0.25) is 9.69 Å². The molecule has 0 radical (unpaired) electrons. The molecular weight excluding hydrogens is 574 g/mol. The van der Waals surface area contributed by atoms with Crippen molar-refractivity contribution in [2.75, 3.05) is 31.1 Å². The van der Waals surface area contributed by atoms with Crippen molar-refractivity contribution in [3.05, 3.63) is 52.5 Å². The predicted molar refractivity (Wildman–Crippen MR) is 153 cm³/mol. The number of hydrogen-bond acceptors (Lipinski definition) is 6. The van der Waals surface area contributed by atoms with Gasteiger partial charge in [-0.25, -0.2) is 13.4 Å². The van der Waals surface area contributed by atoms with E-state index in [-0.39, 0.29) is 16.9 Å². The number of amides is 1. The van der Waals surface area contributed by atoms with Crippen molar-refractivity contribution in [3.63, 3.8) is 0 Å². The Hall–Kier alpha value is -1.85. The molecule has 0 saturated carbocycles. The second-order valence-corrected chi connectivity index (χ2v) is 13.2. The molecule has 1 fully saturated rings. The Morgan fingerprint density at radius 1 is 1.11 bits per heavy atom. The van der Waals surface area contributed by atoms with Gasteiger partial charge in [0.2, 0.25) is 10.0 Å². The Morgan fingerprint density at radius 2 is 1.81 bits per heavy atom. The molecule has 7 nitrogen and oxygen atoms in total. The van der Waals surface area contributed by atoms with Crippen LogP contribution in [0.1, 0.15) is 62.7 Å². The van der Waals surface area contributed by atoms with Crippen LogP contribution < -0.4 is 4.90 Å². The summed E-state index contributed by atoms with van der Waals surface area (Å²) in [5.74, 6) is -0.216. The number of anilines is 1. The smallest absolute Gasteiger partial charge is 0.260 e. The van der Waals surface area contributed by atoms with E-state index in [1.54, 1.807) is 33.5 Å². The summed E-state index contributed by atoms with van der Waals surface area (Å²) in [5, 5.41) is 0.607. The van der Waals surface area contributed by atoms with Gasteiger partial charge in [0.15, 0.2) is 5.13 Å². The first kappa shape index (κ1) is 28.2. The number of thiazole rings is 1. The molecule has 0 aliphatic carbocycles. The highest BCUT2D eigenvalue weighted by atomic mass is 79.9. The van der Waals surface area contributed by atoms with Gasteiger partial charge in [-0.15, -0.1) is 0 Å². The van der Waals surface area contributed by atoms with Gasteiger partial charge in [-0.2, -0.15) is 4.31 Å². The number of ether oxygens (including phenoxy) is 1. The van der Waals surface area contributed by atoms with Gasteiger partial charge < -0.3 is 4.74 Å². The normalized spacial score (nSPS) is 16.1. The minimum absolute atomic E-state index is 0.0481. The molecule has 0 bridgehead atoms. The fourth-order valence-corrected chi connectivity index (χ4v) is 7.38. The van der Waals surface area contributed by atoms with Gasteiger partial charge in [0.25, 0.3) is 5.91 Å². The highest BCUT2D eigenvalue weighted by molar-refractivity contribution is 9.10. The molecule has 0 N–H and O–H groups in total. The maximum atomic E-state index is 13.7. The standard InChI is InChI=1S/C27H34BrN3O4S2/c1-3-5-15-30(16-6-4-2)37(33,34)23-12-9-20(10-13-23)26(32)31(19-22-8-7-17-35-22)27-29-24-14-11-21(28)18-25(24)36-27/h9-14,18,22H,3-8,15-17,19H2,1-2H3. The highest BCUT2D eigenvalue weighted by Gasteiger charge is 2.28. The summed E-state index contributed by atoms with van der Waals surface area (Å²) in [6.07, 6.45) is 5.30. The molecule has 3 aromatic rings. The van der Waals surface area contributed by atoms with Crippen LogP contribution >= 0.6 is 27.3 Å². The summed E-state index contributed by atoms with van der Waals surface area (Å²) in [5.41, 5.74) is 1.25. The largest absolute Gasteiger partial charge is 0.376 e. The lowest BCUT2D eigenvalue weighted by Gasteiger charge is -2.24. The molecule has 2 heterocycles. The van der Waals surface area contributed by atoms with Crippen LogP contribution in [-0.4, -0.2) is 56.0 Å². The Balaban J connectivity index is 1.60. The third-order valence-corrected chi connectivity index (χ3v) is 9.93. The number of rotatable bonds is 12. The van der Waals surface area contributed by atoms with Crippen LogP contribution in [0.4, 0.5) is 5.13 Å². The lowest BCUT2D eigenvalue weighted by atomic mass is 10.2. The molecule has 1 unspecified atom stereocenters. The van der Waals surface area contributed by atoms with Gasteiger partial charge in [-0.1, -0.05) is 54.0 Å². The van der Waals surface area contributed by atoms with E-state index in [4.69, 9.17) is 9.72 Å². The van der Waals surface area contributed by atoms with Crippen molar-refractivity contribution in [2.45, 2.75) is 63.4 Å². The molecule has 1 atom stereocenters. The topological polar surface area (TPSA) is 79.8 Å². The van der Waals surface area contributed by atoms with Crippen LogP contribution in [0.15, 0.2) is 51.8 Å². The first-order valence-corrected chi connectivity index (χ1v) is 16.0. The summed E-state index contributed by atoms with van der Waals surface area (Å²) in [6, 6.07) is 12.2. The first-order chi connectivity index (χ1) is 17.8. The Morgan fingerprint density at radius 3 is 2.43 bits per heavy atom. The quantitative estimate of drug-likeness (QED) is 0.235. The Kier molecular flexibility index (Phi) is 9.74. The second kappa shape index (κ2) is 12.8. The fourth-order valence-electron chi connectivity index (χ4n) is 4.34. The van der Waals surface area contributed by atoms with Crippen LogP contribution in [0.5, 0.6) is 0 Å². The molecule has 2 aromatic carbocycles. The SMILES string of the molecule is CCCCN(CCCC)S(=O)(=O)c1ccc(C(=O)N(CC2CCCO2)c2nc3ccc(Br)cc3s2)cc1. The van der Waals surface area contributed by atoms with E-state index < -0.39 is 10.0 Å². The maximum absolute atomic E-state index is 13.7. The van der Waals surface area contributed by atoms with Crippen LogP contribution in [-0.2, 0) is 14.8 Å². The van der Waals surface area contributed by atoms with Gasteiger partial charge in [0.1, 0.15) is 0 Å². The monoisotopic (exact) mass is 607 g/mol. The molecule has 10 heteroatoms. The summed E-state index contributed by atoms with van der Waals surface area (Å²) < 4.78 is 36.0. The van der Waals surface area contributed by atoms with Gasteiger partial charge in [-0.05, 0) is 68.1 Å². The number of unbranched alkanes of at least 4 members (excludes halogenated alkanes) is 2. The first-order valence-electron chi connectivity index (χ1n) is 12.9. The molecule has 200 valence electrons. The molecule has 1 aromatic heterocycles. The molecule has 37 heavy (non-hydrogen) atoms. The van der Waals surface area contributed by atoms with E-state index in [0.29, 0.717) is 36.9 Å². The van der Waals surface area contributed by atoms with E-state index >= 15 is 0 Å². The third-order valence-electron chi connectivity index (χ3n) is 6.49. The van der Waals surface area contributed by atoms with Crippen LogP contribution in [0.25, 0.3) is 10.2 Å². The molecular formula is C27H34BrN3O4S2. The zero-order valence-electron chi connectivity index (χ0n) is 21.4. The molecule has 0 spiro atoms. The van der Waals surface area contributed by atoms with Crippen molar-refractivity contribution < 1.29 is 17.9 Å². The van der Waals surface area contributed by atoms with Crippen LogP contribution in [0, 0.1) is 0 Å². The second-order valence-electron chi connectivity index (χ2n) is 9.29. The van der Waals surface area contributed by atoms with E-state index in [2.05, 4.69) is 29.8 Å². The number of aromatic nitrogens is 1. The zero-order valence-corrected chi connectivity index (χ0v) is 24.6. The molecule has 1 aliphatic heterocycles. The number of hydrogen-bond donors (Lipinski definition) is 0. The number of nitrogens with zero attached hydrogens (tertiary/aromatic N) is 3. The Bertz CT molecular complexity index is 1300. The number of carbonyl (C=O) groups excluding carboxylic acids is 1. The number of carbonyl (C=O) groups is 1. The molecule has 4 rings (SSSR count).